The Kier molecular flexibility index (Phi) is 5.76. The third-order valence-corrected chi connectivity index (χ3v) is 8.57. The van der Waals surface area contributed by atoms with Gasteiger partial charge in [0.25, 0.3) is 0 Å². The molecular formula is C39H28N4. The molecule has 43 heavy (non-hydrogen) atoms. The van der Waals surface area contributed by atoms with Crippen molar-refractivity contribution in [2.24, 2.45) is 0 Å². The zero-order valence-corrected chi connectivity index (χ0v) is 24.0. The van der Waals surface area contributed by atoms with Crippen molar-refractivity contribution in [2.75, 3.05) is 0 Å². The Balaban J connectivity index is 1.44. The van der Waals surface area contributed by atoms with Gasteiger partial charge in [-0.15, -0.1) is 0 Å². The summed E-state index contributed by atoms with van der Waals surface area (Å²) in [6, 6.07) is 44.1. The molecule has 8 rings (SSSR count). The van der Waals surface area contributed by atoms with Crippen molar-refractivity contribution in [2.45, 2.75) is 19.3 Å². The van der Waals surface area contributed by atoms with Crippen molar-refractivity contribution in [3.05, 3.63) is 145 Å². The number of benzene rings is 5. The summed E-state index contributed by atoms with van der Waals surface area (Å²) in [4.78, 5) is 20.0. The standard InChI is InChI=1S/C39H28N4/c1-39(2)31-24-28(33-19-11-12-22-40-33)20-21-30(31)34-32(39)23-27-17-9-10-18-29(27)35(34)38-42-36(25-13-5-3-6-14-25)41-37(43-38)26-15-7-4-8-16-26/h3-24H,1-2H3. The van der Waals surface area contributed by atoms with Gasteiger partial charge in [0.2, 0.25) is 0 Å². The smallest absolute Gasteiger partial charge is 0.165 e. The molecule has 1 aliphatic carbocycles. The second-order valence-corrected chi connectivity index (χ2v) is 11.5. The maximum Gasteiger partial charge on any atom is 0.165 e. The highest BCUT2D eigenvalue weighted by molar-refractivity contribution is 6.07. The molecule has 0 atom stereocenters. The van der Waals surface area contributed by atoms with E-state index >= 15 is 0 Å². The first-order chi connectivity index (χ1) is 21.1. The Labute approximate surface area is 250 Å². The van der Waals surface area contributed by atoms with Crippen LogP contribution in [-0.4, -0.2) is 19.9 Å². The third kappa shape index (κ3) is 4.14. The van der Waals surface area contributed by atoms with Gasteiger partial charge in [0, 0.05) is 33.9 Å². The van der Waals surface area contributed by atoms with E-state index in [0.29, 0.717) is 17.5 Å². The SMILES string of the molecule is CC1(C)c2cc(-c3ccccn3)ccc2-c2c1cc1ccccc1c2-c1nc(-c2ccccc2)nc(-c2ccccc2)n1. The number of rotatable bonds is 4. The summed E-state index contributed by atoms with van der Waals surface area (Å²) in [5.74, 6) is 2.00. The molecule has 0 saturated heterocycles. The van der Waals surface area contributed by atoms with Gasteiger partial charge in [0.05, 0.1) is 5.69 Å². The highest BCUT2D eigenvalue weighted by atomic mass is 15.0. The quantitative estimate of drug-likeness (QED) is 0.218. The van der Waals surface area contributed by atoms with Crippen LogP contribution >= 0.6 is 0 Å². The molecule has 0 aliphatic heterocycles. The lowest BCUT2D eigenvalue weighted by atomic mass is 9.80. The maximum absolute atomic E-state index is 5.18. The fourth-order valence-electron chi connectivity index (χ4n) is 6.39. The van der Waals surface area contributed by atoms with Crippen molar-refractivity contribution in [3.63, 3.8) is 0 Å². The fraction of sp³-hybridized carbons (Fsp3) is 0.0769. The molecule has 2 heterocycles. The van der Waals surface area contributed by atoms with Crippen LogP contribution in [0.25, 0.3) is 67.3 Å². The van der Waals surface area contributed by atoms with Crippen LogP contribution in [0.1, 0.15) is 25.0 Å². The predicted octanol–water partition coefficient (Wildman–Crippen LogP) is 9.39. The minimum Gasteiger partial charge on any atom is -0.256 e. The number of aromatic nitrogens is 4. The van der Waals surface area contributed by atoms with Gasteiger partial charge in [0.1, 0.15) is 0 Å². The highest BCUT2D eigenvalue weighted by Crippen LogP contribution is 2.54. The van der Waals surface area contributed by atoms with Gasteiger partial charge in [-0.1, -0.05) is 117 Å². The normalized spacial score (nSPS) is 13.1. The van der Waals surface area contributed by atoms with E-state index in [0.717, 1.165) is 33.3 Å². The molecule has 204 valence electrons. The summed E-state index contributed by atoms with van der Waals surface area (Å²) < 4.78 is 0. The van der Waals surface area contributed by atoms with Crippen molar-refractivity contribution in [1.29, 1.82) is 0 Å². The Hall–Kier alpha value is -5.48. The third-order valence-electron chi connectivity index (χ3n) is 8.57. The number of hydrogen-bond acceptors (Lipinski definition) is 4. The zero-order chi connectivity index (χ0) is 29.0. The van der Waals surface area contributed by atoms with Gasteiger partial charge < -0.3 is 0 Å². The van der Waals surface area contributed by atoms with Crippen molar-refractivity contribution in [1.82, 2.24) is 19.9 Å². The Morgan fingerprint density at radius 1 is 0.488 bits per heavy atom. The van der Waals surface area contributed by atoms with Crippen molar-refractivity contribution in [3.8, 4) is 56.5 Å². The summed E-state index contributed by atoms with van der Waals surface area (Å²) in [5, 5.41) is 2.30. The van der Waals surface area contributed by atoms with E-state index in [1.165, 1.54) is 27.6 Å². The Bertz CT molecular complexity index is 2080. The van der Waals surface area contributed by atoms with E-state index in [-0.39, 0.29) is 5.41 Å². The summed E-state index contributed by atoms with van der Waals surface area (Å²) >= 11 is 0. The maximum atomic E-state index is 5.18. The lowest BCUT2D eigenvalue weighted by Gasteiger charge is -2.23. The van der Waals surface area contributed by atoms with E-state index in [4.69, 9.17) is 15.0 Å². The van der Waals surface area contributed by atoms with E-state index in [9.17, 15) is 0 Å². The molecule has 4 heteroatoms. The Morgan fingerprint density at radius 2 is 1.12 bits per heavy atom. The lowest BCUT2D eigenvalue weighted by Crippen LogP contribution is -2.15. The van der Waals surface area contributed by atoms with Crippen molar-refractivity contribution < 1.29 is 0 Å². The van der Waals surface area contributed by atoms with E-state index < -0.39 is 0 Å². The first-order valence-corrected chi connectivity index (χ1v) is 14.6. The van der Waals surface area contributed by atoms with Crippen LogP contribution in [0.3, 0.4) is 0 Å². The molecule has 1 aliphatic rings. The minimum atomic E-state index is -0.230. The average molecular weight is 553 g/mol. The summed E-state index contributed by atoms with van der Waals surface area (Å²) in [7, 11) is 0. The second kappa shape index (κ2) is 9.81. The molecular weight excluding hydrogens is 524 g/mol. The van der Waals surface area contributed by atoms with E-state index in [2.05, 4.69) is 97.7 Å². The molecule has 5 aromatic carbocycles. The van der Waals surface area contributed by atoms with Crippen LogP contribution in [0.2, 0.25) is 0 Å². The minimum absolute atomic E-state index is 0.230. The van der Waals surface area contributed by atoms with Gasteiger partial charge >= 0.3 is 0 Å². The second-order valence-electron chi connectivity index (χ2n) is 11.5. The van der Waals surface area contributed by atoms with Gasteiger partial charge in [-0.2, -0.15) is 0 Å². The Morgan fingerprint density at radius 3 is 1.79 bits per heavy atom. The zero-order valence-electron chi connectivity index (χ0n) is 24.0. The number of pyridine rings is 1. The molecule has 0 saturated carbocycles. The van der Waals surface area contributed by atoms with Crippen LogP contribution in [0.15, 0.2) is 134 Å². The van der Waals surface area contributed by atoms with E-state index in [1.807, 2.05) is 54.7 Å². The van der Waals surface area contributed by atoms with Crippen LogP contribution < -0.4 is 0 Å². The largest absolute Gasteiger partial charge is 0.256 e. The number of nitrogens with zero attached hydrogens (tertiary/aromatic N) is 4. The molecule has 0 amide bonds. The molecule has 0 N–H and O–H groups in total. The predicted molar refractivity (Wildman–Crippen MR) is 174 cm³/mol. The highest BCUT2D eigenvalue weighted by Gasteiger charge is 2.39. The van der Waals surface area contributed by atoms with Crippen molar-refractivity contribution >= 4 is 10.8 Å². The van der Waals surface area contributed by atoms with Gasteiger partial charge in [-0.25, -0.2) is 15.0 Å². The first-order valence-electron chi connectivity index (χ1n) is 14.6. The number of hydrogen-bond donors (Lipinski definition) is 0. The average Bonchev–Trinajstić information content (AvgIpc) is 3.30. The molecule has 4 nitrogen and oxygen atoms in total. The van der Waals surface area contributed by atoms with Crippen LogP contribution in [0, 0.1) is 0 Å². The van der Waals surface area contributed by atoms with Gasteiger partial charge in [-0.05, 0) is 57.3 Å². The lowest BCUT2D eigenvalue weighted by molar-refractivity contribution is 0.661. The molecule has 0 unspecified atom stereocenters. The fourth-order valence-corrected chi connectivity index (χ4v) is 6.39. The molecule has 0 fully saturated rings. The molecule has 0 spiro atoms. The molecule has 2 aromatic heterocycles. The molecule has 0 bridgehead atoms. The van der Waals surface area contributed by atoms with Crippen LogP contribution in [0.4, 0.5) is 0 Å². The monoisotopic (exact) mass is 552 g/mol. The summed E-state index contributed by atoms with van der Waals surface area (Å²) in [6.07, 6.45) is 1.85. The molecule has 7 aromatic rings. The summed E-state index contributed by atoms with van der Waals surface area (Å²) in [5.41, 5.74) is 9.78. The van der Waals surface area contributed by atoms with Crippen LogP contribution in [0.5, 0.6) is 0 Å². The first kappa shape index (κ1) is 25.2. The van der Waals surface area contributed by atoms with E-state index in [1.54, 1.807) is 0 Å². The summed E-state index contributed by atoms with van der Waals surface area (Å²) in [6.45, 7) is 4.63. The van der Waals surface area contributed by atoms with Gasteiger partial charge in [0.15, 0.2) is 17.5 Å². The van der Waals surface area contributed by atoms with Crippen LogP contribution in [-0.2, 0) is 5.41 Å². The number of fused-ring (bicyclic) bond motifs is 4. The molecule has 0 radical (unpaired) electrons. The van der Waals surface area contributed by atoms with Gasteiger partial charge in [-0.3, -0.25) is 4.98 Å². The topological polar surface area (TPSA) is 51.6 Å².